The van der Waals surface area contributed by atoms with E-state index in [1.165, 1.54) is 22.5 Å². The zero-order chi connectivity index (χ0) is 10.3. The molecule has 2 nitrogen and oxygen atoms in total. The molecule has 0 fully saturated rings. The van der Waals surface area contributed by atoms with Crippen molar-refractivity contribution < 1.29 is 0 Å². The number of hydrogen-bond acceptors (Lipinski definition) is 2. The summed E-state index contributed by atoms with van der Waals surface area (Å²) < 4.78 is 0. The van der Waals surface area contributed by atoms with E-state index in [1.54, 1.807) is 0 Å². The third kappa shape index (κ3) is 1.26. The molecule has 14 heavy (non-hydrogen) atoms. The highest BCUT2D eigenvalue weighted by Gasteiger charge is 2.20. The zero-order valence-electron chi connectivity index (χ0n) is 9.39. The normalized spacial score (nSPS) is 20.3. The molecule has 0 saturated heterocycles. The molecule has 76 valence electrons. The SMILES string of the molecule is Cc1ccc2c(c1C)NCC(C)N2C. The van der Waals surface area contributed by atoms with Gasteiger partial charge in [0, 0.05) is 19.6 Å². The predicted molar refractivity (Wildman–Crippen MR) is 62.3 cm³/mol. The standard InChI is InChI=1S/C12H18N2/c1-8-5-6-11-12(10(8)3)13-7-9(2)14(11)4/h5-6,9,13H,7H2,1-4H3. The van der Waals surface area contributed by atoms with Crippen LogP contribution in [-0.2, 0) is 0 Å². The topological polar surface area (TPSA) is 15.3 Å². The van der Waals surface area contributed by atoms with Crippen molar-refractivity contribution in [1.82, 2.24) is 0 Å². The number of rotatable bonds is 0. The van der Waals surface area contributed by atoms with Gasteiger partial charge in [0.15, 0.2) is 0 Å². The van der Waals surface area contributed by atoms with Gasteiger partial charge in [0.2, 0.25) is 0 Å². The fraction of sp³-hybridized carbons (Fsp3) is 0.500. The maximum atomic E-state index is 3.51. The third-order valence-electron chi connectivity index (χ3n) is 3.33. The quantitative estimate of drug-likeness (QED) is 0.676. The van der Waals surface area contributed by atoms with E-state index in [0.717, 1.165) is 6.54 Å². The van der Waals surface area contributed by atoms with Gasteiger partial charge in [-0.15, -0.1) is 0 Å². The molecule has 0 saturated carbocycles. The van der Waals surface area contributed by atoms with Crippen LogP contribution in [0.2, 0.25) is 0 Å². The van der Waals surface area contributed by atoms with Gasteiger partial charge >= 0.3 is 0 Å². The molecule has 0 radical (unpaired) electrons. The molecule has 1 aliphatic rings. The number of anilines is 2. The van der Waals surface area contributed by atoms with Crippen molar-refractivity contribution in [3.8, 4) is 0 Å². The molecule has 1 heterocycles. The predicted octanol–water partition coefficient (Wildman–Crippen LogP) is 2.55. The van der Waals surface area contributed by atoms with Crippen molar-refractivity contribution in [2.24, 2.45) is 0 Å². The van der Waals surface area contributed by atoms with Crippen LogP contribution >= 0.6 is 0 Å². The number of nitrogens with one attached hydrogen (secondary N) is 1. The minimum atomic E-state index is 0.574. The number of nitrogens with zero attached hydrogens (tertiary/aromatic N) is 1. The number of aryl methyl sites for hydroxylation is 1. The van der Waals surface area contributed by atoms with Gasteiger partial charge in [0.1, 0.15) is 0 Å². The van der Waals surface area contributed by atoms with Crippen molar-refractivity contribution in [3.63, 3.8) is 0 Å². The molecule has 0 aliphatic carbocycles. The monoisotopic (exact) mass is 190 g/mol. The summed E-state index contributed by atoms with van der Waals surface area (Å²) >= 11 is 0. The van der Waals surface area contributed by atoms with E-state index in [2.05, 4.69) is 50.2 Å². The van der Waals surface area contributed by atoms with E-state index in [4.69, 9.17) is 0 Å². The second-order valence-electron chi connectivity index (χ2n) is 4.24. The largest absolute Gasteiger partial charge is 0.381 e. The lowest BCUT2D eigenvalue weighted by atomic mass is 10.0. The number of benzene rings is 1. The summed E-state index contributed by atoms with van der Waals surface area (Å²) in [7, 11) is 2.17. The number of likely N-dealkylation sites (N-methyl/N-ethyl adjacent to an activating group) is 1. The van der Waals surface area contributed by atoms with Crippen molar-refractivity contribution in [1.29, 1.82) is 0 Å². The Morgan fingerprint density at radius 2 is 2.07 bits per heavy atom. The Hall–Kier alpha value is -1.18. The van der Waals surface area contributed by atoms with Crippen LogP contribution in [0, 0.1) is 13.8 Å². The van der Waals surface area contributed by atoms with Gasteiger partial charge in [-0.2, -0.15) is 0 Å². The Balaban J connectivity index is 2.53. The second-order valence-corrected chi connectivity index (χ2v) is 4.24. The lowest BCUT2D eigenvalue weighted by Crippen LogP contribution is -2.39. The highest BCUT2D eigenvalue weighted by Crippen LogP contribution is 2.34. The van der Waals surface area contributed by atoms with Gasteiger partial charge in [-0.1, -0.05) is 6.07 Å². The lowest BCUT2D eigenvalue weighted by molar-refractivity contribution is 0.698. The van der Waals surface area contributed by atoms with Crippen molar-refractivity contribution in [3.05, 3.63) is 23.3 Å². The summed E-state index contributed by atoms with van der Waals surface area (Å²) in [5.74, 6) is 0. The summed E-state index contributed by atoms with van der Waals surface area (Å²) in [6.07, 6.45) is 0. The van der Waals surface area contributed by atoms with Crippen molar-refractivity contribution >= 4 is 11.4 Å². The first kappa shape index (κ1) is 9.38. The van der Waals surface area contributed by atoms with Crippen LogP contribution in [0.5, 0.6) is 0 Å². The van der Waals surface area contributed by atoms with Gasteiger partial charge in [-0.25, -0.2) is 0 Å². The van der Waals surface area contributed by atoms with Crippen LogP contribution in [0.1, 0.15) is 18.1 Å². The molecule has 2 heteroatoms. The Bertz CT molecular complexity index is 358. The molecular formula is C12H18N2. The van der Waals surface area contributed by atoms with Crippen LogP contribution in [0.25, 0.3) is 0 Å². The second kappa shape index (κ2) is 3.19. The first-order valence-corrected chi connectivity index (χ1v) is 5.18. The van der Waals surface area contributed by atoms with Gasteiger partial charge in [-0.3, -0.25) is 0 Å². The molecule has 0 amide bonds. The van der Waals surface area contributed by atoms with Crippen LogP contribution in [0.4, 0.5) is 11.4 Å². The lowest BCUT2D eigenvalue weighted by Gasteiger charge is -2.35. The Labute approximate surface area is 85.9 Å². The first-order chi connectivity index (χ1) is 6.61. The van der Waals surface area contributed by atoms with Gasteiger partial charge in [0.05, 0.1) is 11.4 Å². The van der Waals surface area contributed by atoms with Gasteiger partial charge < -0.3 is 10.2 Å². The zero-order valence-corrected chi connectivity index (χ0v) is 9.39. The van der Waals surface area contributed by atoms with Gasteiger partial charge in [-0.05, 0) is 38.0 Å². The summed E-state index contributed by atoms with van der Waals surface area (Å²) in [5, 5.41) is 3.51. The van der Waals surface area contributed by atoms with E-state index >= 15 is 0 Å². The van der Waals surface area contributed by atoms with Crippen LogP contribution in [0.3, 0.4) is 0 Å². The molecule has 1 aromatic rings. The van der Waals surface area contributed by atoms with E-state index in [0.29, 0.717) is 6.04 Å². The smallest absolute Gasteiger partial charge is 0.0611 e. The van der Waals surface area contributed by atoms with E-state index in [9.17, 15) is 0 Å². The van der Waals surface area contributed by atoms with Crippen molar-refractivity contribution in [2.45, 2.75) is 26.8 Å². The Morgan fingerprint density at radius 1 is 1.36 bits per heavy atom. The maximum absolute atomic E-state index is 3.51. The summed E-state index contributed by atoms with van der Waals surface area (Å²) in [6.45, 7) is 7.62. The minimum absolute atomic E-state index is 0.574. The summed E-state index contributed by atoms with van der Waals surface area (Å²) in [6, 6.07) is 4.98. The van der Waals surface area contributed by atoms with E-state index < -0.39 is 0 Å². The Morgan fingerprint density at radius 3 is 2.79 bits per heavy atom. The van der Waals surface area contributed by atoms with Crippen LogP contribution in [0.15, 0.2) is 12.1 Å². The van der Waals surface area contributed by atoms with E-state index in [1.807, 2.05) is 0 Å². The highest BCUT2D eigenvalue weighted by molar-refractivity contribution is 5.76. The minimum Gasteiger partial charge on any atom is -0.381 e. The average Bonchev–Trinajstić information content (AvgIpc) is 2.17. The van der Waals surface area contributed by atoms with E-state index in [-0.39, 0.29) is 0 Å². The fourth-order valence-corrected chi connectivity index (χ4v) is 1.94. The molecule has 1 unspecified atom stereocenters. The van der Waals surface area contributed by atoms with Gasteiger partial charge in [0.25, 0.3) is 0 Å². The molecule has 0 bridgehead atoms. The Kier molecular flexibility index (Phi) is 2.14. The molecule has 1 aliphatic heterocycles. The first-order valence-electron chi connectivity index (χ1n) is 5.18. The number of fused-ring (bicyclic) bond motifs is 1. The fourth-order valence-electron chi connectivity index (χ4n) is 1.94. The molecule has 1 N–H and O–H groups in total. The molecule has 0 spiro atoms. The van der Waals surface area contributed by atoms with Crippen LogP contribution < -0.4 is 10.2 Å². The number of hydrogen-bond donors (Lipinski definition) is 1. The summed E-state index contributed by atoms with van der Waals surface area (Å²) in [4.78, 5) is 2.35. The highest BCUT2D eigenvalue weighted by atomic mass is 15.2. The van der Waals surface area contributed by atoms with Crippen molar-refractivity contribution in [2.75, 3.05) is 23.8 Å². The molecule has 1 aromatic carbocycles. The summed E-state index contributed by atoms with van der Waals surface area (Å²) in [5.41, 5.74) is 5.37. The molecule has 0 aromatic heterocycles. The molecule has 2 rings (SSSR count). The molecule has 1 atom stereocenters. The van der Waals surface area contributed by atoms with Crippen LogP contribution in [-0.4, -0.2) is 19.6 Å². The maximum Gasteiger partial charge on any atom is 0.0611 e. The molecular weight excluding hydrogens is 172 g/mol. The average molecular weight is 190 g/mol. The third-order valence-corrected chi connectivity index (χ3v) is 3.33.